The molecule has 2 aromatic carbocycles. The van der Waals surface area contributed by atoms with Gasteiger partial charge in [0.25, 0.3) is 0 Å². The Kier molecular flexibility index (Phi) is 4.38. The van der Waals surface area contributed by atoms with Crippen molar-refractivity contribution in [3.05, 3.63) is 54.6 Å². The molecule has 2 rings (SSSR count). The molecule has 0 aliphatic heterocycles. The molecule has 0 aromatic heterocycles. The maximum atomic E-state index is 11.4. The van der Waals surface area contributed by atoms with Gasteiger partial charge in [0.2, 0.25) is 0 Å². The predicted molar refractivity (Wildman–Crippen MR) is 74.0 cm³/mol. The number of para-hydroxylation sites is 1. The van der Waals surface area contributed by atoms with Gasteiger partial charge in [-0.05, 0) is 11.6 Å². The van der Waals surface area contributed by atoms with Crippen LogP contribution in [-0.4, -0.2) is 11.1 Å². The fourth-order valence-corrected chi connectivity index (χ4v) is 1.85. The van der Waals surface area contributed by atoms with Gasteiger partial charge in [-0.2, -0.15) is 0 Å². The Bertz CT molecular complexity index is 583. The zero-order valence-electron chi connectivity index (χ0n) is 10.5. The molecule has 0 saturated heterocycles. The Morgan fingerprint density at radius 2 is 1.68 bits per heavy atom. The molecule has 0 fully saturated rings. The average Bonchev–Trinajstić information content (AvgIpc) is 2.46. The highest BCUT2D eigenvalue weighted by Crippen LogP contribution is 2.42. The lowest BCUT2D eigenvalue weighted by atomic mass is 10.1. The molecule has 4 nitrogen and oxygen atoms in total. The number of rotatable bonds is 5. The van der Waals surface area contributed by atoms with Crippen molar-refractivity contribution in [1.82, 2.24) is 0 Å². The number of hydrogen-bond acceptors (Lipinski definition) is 3. The smallest absolute Gasteiger partial charge is 0.328 e. The Morgan fingerprint density at radius 1 is 1.05 bits per heavy atom. The molecule has 0 bridgehead atoms. The van der Waals surface area contributed by atoms with Crippen molar-refractivity contribution in [3.8, 4) is 16.9 Å². The summed E-state index contributed by atoms with van der Waals surface area (Å²) in [6, 6.07) is 16.8. The largest absolute Gasteiger partial charge is 0.366 e. The Hall–Kier alpha value is -1.61. The fraction of sp³-hybridized carbons (Fsp3) is 0.143. The molecule has 1 N–H and O–H groups in total. The van der Waals surface area contributed by atoms with Crippen LogP contribution in [0.2, 0.25) is 0 Å². The summed E-state index contributed by atoms with van der Waals surface area (Å²) in [6.07, 6.45) is 0.000500. The predicted octanol–water partition coefficient (Wildman–Crippen LogP) is 3.87. The third-order valence-electron chi connectivity index (χ3n) is 2.61. The van der Waals surface area contributed by atoms with Crippen LogP contribution in [0.4, 0.5) is 0 Å². The summed E-state index contributed by atoms with van der Waals surface area (Å²) in [5.41, 5.74) is 1.75. The van der Waals surface area contributed by atoms with E-state index < -0.39 is 7.60 Å². The summed E-state index contributed by atoms with van der Waals surface area (Å²) < 4.78 is 16.1. The third-order valence-corrected chi connectivity index (χ3v) is 3.72. The van der Waals surface area contributed by atoms with Gasteiger partial charge in [0.1, 0.15) is 0 Å². The summed E-state index contributed by atoms with van der Waals surface area (Å²) in [7, 11) is -3.67. The van der Waals surface area contributed by atoms with Crippen molar-refractivity contribution in [2.75, 3.05) is 6.16 Å². The molecule has 0 radical (unpaired) electrons. The maximum absolute atomic E-state index is 11.4. The lowest BCUT2D eigenvalue weighted by Gasteiger charge is -2.12. The van der Waals surface area contributed by atoms with Crippen molar-refractivity contribution in [2.24, 2.45) is 0 Å². The zero-order valence-corrected chi connectivity index (χ0v) is 11.4. The fourth-order valence-electron chi connectivity index (χ4n) is 1.55. The first-order valence-corrected chi connectivity index (χ1v) is 7.71. The van der Waals surface area contributed by atoms with Gasteiger partial charge in [-0.1, -0.05) is 60.1 Å². The first-order valence-electron chi connectivity index (χ1n) is 5.95. The van der Waals surface area contributed by atoms with Crippen LogP contribution < -0.4 is 4.89 Å². The zero-order chi connectivity index (χ0) is 13.7. The second-order valence-electron chi connectivity index (χ2n) is 3.97. The molecule has 1 atom stereocenters. The number of benzene rings is 2. The van der Waals surface area contributed by atoms with Gasteiger partial charge in [-0.25, -0.2) is 0 Å². The van der Waals surface area contributed by atoms with Gasteiger partial charge >= 0.3 is 7.60 Å². The van der Waals surface area contributed by atoms with Gasteiger partial charge in [0, 0.05) is 5.56 Å². The molecular weight excluding hydrogens is 263 g/mol. The summed E-state index contributed by atoms with van der Waals surface area (Å²) in [5, 5.41) is 0. The molecule has 100 valence electrons. The van der Waals surface area contributed by atoms with E-state index in [4.69, 9.17) is 4.89 Å². The minimum Gasteiger partial charge on any atom is -0.328 e. The second-order valence-corrected chi connectivity index (χ2v) is 6.03. The van der Waals surface area contributed by atoms with Gasteiger partial charge in [0.05, 0.1) is 6.16 Å². The minimum absolute atomic E-state index is 0.000500. The highest BCUT2D eigenvalue weighted by atomic mass is 31.2. The van der Waals surface area contributed by atoms with E-state index in [1.165, 1.54) is 0 Å². The SMILES string of the molecule is CCP(=O)(O)OOc1ccccc1-c1ccccc1. The van der Waals surface area contributed by atoms with Crippen LogP contribution in [0.1, 0.15) is 6.92 Å². The Balaban J connectivity index is 2.25. The van der Waals surface area contributed by atoms with E-state index in [0.717, 1.165) is 11.1 Å². The van der Waals surface area contributed by atoms with E-state index in [-0.39, 0.29) is 6.16 Å². The molecule has 1 unspecified atom stereocenters. The highest BCUT2D eigenvalue weighted by Gasteiger charge is 2.19. The van der Waals surface area contributed by atoms with Gasteiger partial charge in [-0.3, -0.25) is 4.57 Å². The summed E-state index contributed by atoms with van der Waals surface area (Å²) in [5.74, 6) is 0.413. The topological polar surface area (TPSA) is 55.8 Å². The van der Waals surface area contributed by atoms with Gasteiger partial charge < -0.3 is 9.78 Å². The summed E-state index contributed by atoms with van der Waals surface area (Å²) >= 11 is 0. The highest BCUT2D eigenvalue weighted by molar-refractivity contribution is 7.52. The van der Waals surface area contributed by atoms with Crippen LogP contribution in [0.15, 0.2) is 54.6 Å². The third kappa shape index (κ3) is 3.67. The first kappa shape index (κ1) is 13.8. The molecule has 0 aliphatic rings. The first-order chi connectivity index (χ1) is 9.12. The Labute approximate surface area is 112 Å². The monoisotopic (exact) mass is 278 g/mol. The molecular formula is C14H15O4P. The van der Waals surface area contributed by atoms with Gasteiger partial charge in [0.15, 0.2) is 5.75 Å². The van der Waals surface area contributed by atoms with Crippen LogP contribution in [-0.2, 0) is 9.24 Å². The van der Waals surface area contributed by atoms with Crippen LogP contribution in [0.25, 0.3) is 11.1 Å². The minimum atomic E-state index is -3.67. The molecule has 0 heterocycles. The number of hydrogen-bond donors (Lipinski definition) is 1. The molecule has 0 spiro atoms. The van der Waals surface area contributed by atoms with Crippen molar-refractivity contribution >= 4 is 7.60 Å². The van der Waals surface area contributed by atoms with Gasteiger partial charge in [-0.15, -0.1) is 0 Å². The van der Waals surface area contributed by atoms with E-state index in [2.05, 4.69) is 4.67 Å². The van der Waals surface area contributed by atoms with Crippen molar-refractivity contribution in [1.29, 1.82) is 0 Å². The molecule has 5 heteroatoms. The van der Waals surface area contributed by atoms with Crippen molar-refractivity contribution in [2.45, 2.75) is 6.92 Å². The van der Waals surface area contributed by atoms with Crippen LogP contribution in [0.5, 0.6) is 5.75 Å². The van der Waals surface area contributed by atoms with E-state index in [1.54, 1.807) is 19.1 Å². The molecule has 0 amide bonds. The van der Waals surface area contributed by atoms with Crippen molar-refractivity contribution in [3.63, 3.8) is 0 Å². The summed E-state index contributed by atoms with van der Waals surface area (Å²) in [4.78, 5) is 14.4. The van der Waals surface area contributed by atoms with Crippen molar-refractivity contribution < 1.29 is 19.0 Å². The lowest BCUT2D eigenvalue weighted by molar-refractivity contribution is -0.108. The van der Waals surface area contributed by atoms with Crippen LogP contribution >= 0.6 is 7.60 Å². The maximum Gasteiger partial charge on any atom is 0.366 e. The standard InChI is InChI=1S/C14H15O4P/c1-2-19(15,16)18-17-14-11-7-6-10-13(14)12-8-4-3-5-9-12/h3-11H,2H2,1H3,(H,15,16). The van der Waals surface area contributed by atoms with E-state index >= 15 is 0 Å². The average molecular weight is 278 g/mol. The molecule has 2 aromatic rings. The molecule has 19 heavy (non-hydrogen) atoms. The van der Waals surface area contributed by atoms with E-state index in [0.29, 0.717) is 5.75 Å². The second kappa shape index (κ2) is 6.02. The quantitative estimate of drug-likeness (QED) is 0.512. The Morgan fingerprint density at radius 3 is 2.37 bits per heavy atom. The lowest BCUT2D eigenvalue weighted by Crippen LogP contribution is -1.98. The van der Waals surface area contributed by atoms with Crippen LogP contribution in [0, 0.1) is 0 Å². The summed E-state index contributed by atoms with van der Waals surface area (Å²) in [6.45, 7) is 1.56. The van der Waals surface area contributed by atoms with Crippen LogP contribution in [0.3, 0.4) is 0 Å². The van der Waals surface area contributed by atoms with E-state index in [1.807, 2.05) is 42.5 Å². The van der Waals surface area contributed by atoms with E-state index in [9.17, 15) is 9.46 Å². The normalized spacial score (nSPS) is 13.8. The molecule has 0 saturated carbocycles. The molecule has 0 aliphatic carbocycles.